The fourth-order valence-electron chi connectivity index (χ4n) is 3.22. The van der Waals surface area contributed by atoms with E-state index in [0.29, 0.717) is 43.6 Å². The van der Waals surface area contributed by atoms with Crippen molar-refractivity contribution >= 4 is 57.3 Å². The smallest absolute Gasteiger partial charge is 0.226 e. The van der Waals surface area contributed by atoms with Gasteiger partial charge in [-0.05, 0) is 49.1 Å². The van der Waals surface area contributed by atoms with Gasteiger partial charge in [0.05, 0.1) is 16.3 Å². The number of carbonyl (C=O) groups excluding carboxylic acids is 1. The third-order valence-electron chi connectivity index (χ3n) is 4.66. The van der Waals surface area contributed by atoms with E-state index in [4.69, 9.17) is 23.2 Å². The van der Waals surface area contributed by atoms with Gasteiger partial charge in [-0.2, -0.15) is 5.26 Å². The molecule has 1 aromatic carbocycles. The molecule has 5 nitrogen and oxygen atoms in total. The van der Waals surface area contributed by atoms with Gasteiger partial charge in [-0.15, -0.1) is 23.1 Å². The first kappa shape index (κ1) is 21.1. The van der Waals surface area contributed by atoms with Crippen molar-refractivity contribution < 1.29 is 4.79 Å². The van der Waals surface area contributed by atoms with Crippen LogP contribution in [-0.4, -0.2) is 21.6 Å². The minimum atomic E-state index is -0.134. The van der Waals surface area contributed by atoms with Crippen LogP contribution in [-0.2, 0) is 17.6 Å². The van der Waals surface area contributed by atoms with Crippen molar-refractivity contribution in [3.05, 3.63) is 56.5 Å². The van der Waals surface area contributed by atoms with Crippen LogP contribution in [0.5, 0.6) is 0 Å². The van der Waals surface area contributed by atoms with E-state index in [0.717, 1.165) is 30.5 Å². The summed E-state index contributed by atoms with van der Waals surface area (Å²) in [4.78, 5) is 21.4. The average molecular weight is 475 g/mol. The Labute approximate surface area is 192 Å². The number of rotatable bonds is 6. The third kappa shape index (κ3) is 4.79. The molecule has 0 spiro atoms. The molecule has 4 rings (SSSR count). The number of anilines is 1. The molecule has 2 aromatic heterocycles. The summed E-state index contributed by atoms with van der Waals surface area (Å²) in [6.45, 7) is 0. The van der Waals surface area contributed by atoms with Crippen LogP contribution in [0, 0.1) is 11.3 Å². The number of hydrogen-bond donors (Lipinski definition) is 1. The molecule has 1 aliphatic rings. The van der Waals surface area contributed by atoms with E-state index < -0.39 is 0 Å². The standard InChI is InChI=1S/C21H16Cl2N4OS2/c22-14-4-5-15(16(23)9-14)18-11-30-21(26-18)27-19(28)6-7-29-20-13(10-24)8-12-2-1-3-17(12)25-20/h4-5,8-9,11H,1-3,6-7H2,(H,26,27,28). The summed E-state index contributed by atoms with van der Waals surface area (Å²) in [7, 11) is 0. The lowest BCUT2D eigenvalue weighted by atomic mass is 10.2. The summed E-state index contributed by atoms with van der Waals surface area (Å²) >= 11 is 14.9. The molecule has 0 fully saturated rings. The normalized spacial score (nSPS) is 12.4. The molecule has 0 aliphatic heterocycles. The number of nitrogens with zero attached hydrogens (tertiary/aromatic N) is 3. The van der Waals surface area contributed by atoms with Gasteiger partial charge in [-0.3, -0.25) is 4.79 Å². The zero-order valence-corrected chi connectivity index (χ0v) is 18.9. The molecular formula is C21H16Cl2N4OS2. The number of pyridine rings is 1. The predicted molar refractivity (Wildman–Crippen MR) is 123 cm³/mol. The van der Waals surface area contributed by atoms with Gasteiger partial charge in [-0.25, -0.2) is 9.97 Å². The van der Waals surface area contributed by atoms with E-state index in [1.54, 1.807) is 18.2 Å². The van der Waals surface area contributed by atoms with Gasteiger partial charge in [0.1, 0.15) is 11.1 Å². The average Bonchev–Trinajstić information content (AvgIpc) is 3.36. The Hall–Kier alpha value is -2.11. The van der Waals surface area contributed by atoms with Gasteiger partial charge in [0, 0.05) is 33.8 Å². The second-order valence-electron chi connectivity index (χ2n) is 6.72. The first-order chi connectivity index (χ1) is 14.5. The number of amides is 1. The Morgan fingerprint density at radius 1 is 1.27 bits per heavy atom. The van der Waals surface area contributed by atoms with Gasteiger partial charge in [0.15, 0.2) is 5.13 Å². The van der Waals surface area contributed by atoms with Crippen LogP contribution in [0.4, 0.5) is 5.13 Å². The number of thioether (sulfide) groups is 1. The van der Waals surface area contributed by atoms with Crippen molar-refractivity contribution in [1.82, 2.24) is 9.97 Å². The molecule has 30 heavy (non-hydrogen) atoms. The Bertz CT molecular complexity index is 1160. The number of aryl methyl sites for hydroxylation is 2. The maximum absolute atomic E-state index is 12.3. The molecule has 1 N–H and O–H groups in total. The van der Waals surface area contributed by atoms with E-state index in [2.05, 4.69) is 21.4 Å². The number of fused-ring (bicyclic) bond motifs is 1. The van der Waals surface area contributed by atoms with Crippen molar-refractivity contribution in [2.45, 2.75) is 30.7 Å². The van der Waals surface area contributed by atoms with Gasteiger partial charge in [0.25, 0.3) is 0 Å². The van der Waals surface area contributed by atoms with Gasteiger partial charge >= 0.3 is 0 Å². The van der Waals surface area contributed by atoms with E-state index >= 15 is 0 Å². The minimum Gasteiger partial charge on any atom is -0.302 e. The van der Waals surface area contributed by atoms with E-state index in [-0.39, 0.29) is 5.91 Å². The van der Waals surface area contributed by atoms with Crippen molar-refractivity contribution in [1.29, 1.82) is 5.26 Å². The molecule has 0 bridgehead atoms. The minimum absolute atomic E-state index is 0.134. The van der Waals surface area contributed by atoms with Crippen LogP contribution in [0.25, 0.3) is 11.3 Å². The monoisotopic (exact) mass is 474 g/mol. The topological polar surface area (TPSA) is 78.7 Å². The van der Waals surface area contributed by atoms with Crippen molar-refractivity contribution in [3.63, 3.8) is 0 Å². The lowest BCUT2D eigenvalue weighted by Crippen LogP contribution is -2.12. The highest BCUT2D eigenvalue weighted by molar-refractivity contribution is 7.99. The predicted octanol–water partition coefficient (Wildman–Crippen LogP) is 5.99. The van der Waals surface area contributed by atoms with Crippen molar-refractivity contribution in [2.75, 3.05) is 11.1 Å². The van der Waals surface area contributed by atoms with Crippen LogP contribution in [0.15, 0.2) is 34.7 Å². The molecule has 0 radical (unpaired) electrons. The second kappa shape index (κ2) is 9.36. The molecular weight excluding hydrogens is 459 g/mol. The fourth-order valence-corrected chi connectivity index (χ4v) is 5.37. The van der Waals surface area contributed by atoms with Gasteiger partial charge in [0.2, 0.25) is 5.91 Å². The van der Waals surface area contributed by atoms with E-state index in [1.165, 1.54) is 28.7 Å². The summed E-state index contributed by atoms with van der Waals surface area (Å²) in [5.74, 6) is 0.401. The summed E-state index contributed by atoms with van der Waals surface area (Å²) in [6.07, 6.45) is 3.33. The first-order valence-electron chi connectivity index (χ1n) is 9.30. The summed E-state index contributed by atoms with van der Waals surface area (Å²) < 4.78 is 0. The molecule has 152 valence electrons. The lowest BCUT2D eigenvalue weighted by Gasteiger charge is -2.06. The number of nitriles is 1. The zero-order valence-electron chi connectivity index (χ0n) is 15.7. The number of hydrogen-bond acceptors (Lipinski definition) is 6. The van der Waals surface area contributed by atoms with Crippen LogP contribution >= 0.6 is 46.3 Å². The number of aromatic nitrogens is 2. The quantitative estimate of drug-likeness (QED) is 0.443. The number of benzene rings is 1. The Morgan fingerprint density at radius 2 is 2.13 bits per heavy atom. The van der Waals surface area contributed by atoms with Crippen molar-refractivity contribution in [3.8, 4) is 17.3 Å². The van der Waals surface area contributed by atoms with Crippen LogP contribution in [0.3, 0.4) is 0 Å². The van der Waals surface area contributed by atoms with E-state index in [1.807, 2.05) is 11.4 Å². The SMILES string of the molecule is N#Cc1cc2c(nc1SCCC(=O)Nc1nc(-c3ccc(Cl)cc3Cl)cs1)CCC2. The maximum atomic E-state index is 12.3. The third-order valence-corrected chi connectivity index (χ3v) is 6.96. The molecule has 2 heterocycles. The highest BCUT2D eigenvalue weighted by atomic mass is 35.5. The molecule has 0 saturated carbocycles. The highest BCUT2D eigenvalue weighted by Gasteiger charge is 2.17. The molecule has 3 aromatic rings. The molecule has 0 unspecified atom stereocenters. The zero-order chi connectivity index (χ0) is 21.1. The highest BCUT2D eigenvalue weighted by Crippen LogP contribution is 2.32. The van der Waals surface area contributed by atoms with Crippen LogP contribution in [0.2, 0.25) is 10.0 Å². The Kier molecular flexibility index (Phi) is 6.59. The van der Waals surface area contributed by atoms with Crippen LogP contribution < -0.4 is 5.32 Å². The molecule has 9 heteroatoms. The molecule has 1 amide bonds. The molecule has 0 atom stereocenters. The maximum Gasteiger partial charge on any atom is 0.226 e. The summed E-state index contributed by atoms with van der Waals surface area (Å²) in [6, 6.07) is 9.38. The number of halogens is 2. The Morgan fingerprint density at radius 3 is 2.93 bits per heavy atom. The number of carbonyl (C=O) groups is 1. The second-order valence-corrected chi connectivity index (χ2v) is 9.51. The van der Waals surface area contributed by atoms with Gasteiger partial charge < -0.3 is 5.32 Å². The lowest BCUT2D eigenvalue weighted by molar-refractivity contribution is -0.115. The summed E-state index contributed by atoms with van der Waals surface area (Å²) in [5.41, 5.74) is 4.30. The van der Waals surface area contributed by atoms with Gasteiger partial charge in [-0.1, -0.05) is 23.2 Å². The fraction of sp³-hybridized carbons (Fsp3) is 0.238. The first-order valence-corrected chi connectivity index (χ1v) is 11.9. The summed E-state index contributed by atoms with van der Waals surface area (Å²) in [5, 5.41) is 16.3. The largest absolute Gasteiger partial charge is 0.302 e. The van der Waals surface area contributed by atoms with Crippen LogP contribution in [0.1, 0.15) is 29.7 Å². The van der Waals surface area contributed by atoms with E-state index in [9.17, 15) is 10.1 Å². The number of nitrogens with one attached hydrogen (secondary N) is 1. The molecule has 1 aliphatic carbocycles. The Balaban J connectivity index is 1.34. The number of thiazole rings is 1. The molecule has 0 saturated heterocycles. The van der Waals surface area contributed by atoms with Crippen molar-refractivity contribution in [2.24, 2.45) is 0 Å².